The van der Waals surface area contributed by atoms with Crippen LogP contribution in [0.1, 0.15) is 15.9 Å². The lowest BCUT2D eigenvalue weighted by Gasteiger charge is -2.13. The minimum absolute atomic E-state index is 0.479. The van der Waals surface area contributed by atoms with Gasteiger partial charge in [-0.2, -0.15) is 0 Å². The Hall–Kier alpha value is -3.07. The van der Waals surface area contributed by atoms with Crippen LogP contribution in [0.2, 0.25) is 0 Å². The van der Waals surface area contributed by atoms with Gasteiger partial charge in [0.25, 0.3) is 0 Å². The van der Waals surface area contributed by atoms with Crippen LogP contribution in [0.25, 0.3) is 11.1 Å². The molecule has 0 radical (unpaired) electrons. The van der Waals surface area contributed by atoms with Crippen LogP contribution in [0.4, 0.5) is 0 Å². The molecule has 120 valence electrons. The summed E-state index contributed by atoms with van der Waals surface area (Å²) in [5.41, 5.74) is 3.36. The van der Waals surface area contributed by atoms with Gasteiger partial charge in [0, 0.05) is 11.1 Å². The van der Waals surface area contributed by atoms with Gasteiger partial charge in [0.05, 0.1) is 7.11 Å². The van der Waals surface area contributed by atoms with Crippen molar-refractivity contribution in [2.24, 2.45) is 0 Å². The van der Waals surface area contributed by atoms with Gasteiger partial charge in [0.2, 0.25) is 0 Å². The Morgan fingerprint density at radius 3 is 2.38 bits per heavy atom. The number of benzene rings is 3. The lowest BCUT2D eigenvalue weighted by atomic mass is 9.99. The van der Waals surface area contributed by atoms with E-state index in [1.54, 1.807) is 13.2 Å². The van der Waals surface area contributed by atoms with Crippen molar-refractivity contribution >= 4 is 6.29 Å². The Morgan fingerprint density at radius 1 is 0.875 bits per heavy atom. The van der Waals surface area contributed by atoms with Crippen molar-refractivity contribution in [3.63, 3.8) is 0 Å². The van der Waals surface area contributed by atoms with Gasteiger partial charge in [-0.1, -0.05) is 48.5 Å². The van der Waals surface area contributed by atoms with Gasteiger partial charge in [-0.05, 0) is 35.4 Å². The van der Waals surface area contributed by atoms with E-state index in [4.69, 9.17) is 9.47 Å². The number of hydrogen-bond donors (Lipinski definition) is 0. The molecule has 0 fully saturated rings. The van der Waals surface area contributed by atoms with Gasteiger partial charge in [-0.25, -0.2) is 0 Å². The van der Waals surface area contributed by atoms with Gasteiger partial charge in [-0.15, -0.1) is 0 Å². The van der Waals surface area contributed by atoms with E-state index in [2.05, 4.69) is 0 Å². The molecule has 0 N–H and O–H groups in total. The molecule has 0 atom stereocenters. The minimum Gasteiger partial charge on any atom is -0.496 e. The fourth-order valence-corrected chi connectivity index (χ4v) is 2.57. The SMILES string of the molecule is COc1ccccc1-c1cc(OCc2ccccc2)ccc1C=O. The summed E-state index contributed by atoms with van der Waals surface area (Å²) in [6.07, 6.45) is 0.850. The highest BCUT2D eigenvalue weighted by atomic mass is 16.5. The van der Waals surface area contributed by atoms with Crippen LogP contribution in [0.3, 0.4) is 0 Å². The number of methoxy groups -OCH3 is 1. The fourth-order valence-electron chi connectivity index (χ4n) is 2.57. The van der Waals surface area contributed by atoms with Crippen LogP contribution >= 0.6 is 0 Å². The lowest BCUT2D eigenvalue weighted by molar-refractivity contribution is 0.112. The second-order valence-electron chi connectivity index (χ2n) is 5.34. The smallest absolute Gasteiger partial charge is 0.150 e. The normalized spacial score (nSPS) is 10.2. The van der Waals surface area contributed by atoms with Gasteiger partial charge in [0.1, 0.15) is 18.1 Å². The van der Waals surface area contributed by atoms with E-state index in [1.807, 2.05) is 66.7 Å². The largest absolute Gasteiger partial charge is 0.496 e. The quantitative estimate of drug-likeness (QED) is 0.615. The predicted molar refractivity (Wildman–Crippen MR) is 94.6 cm³/mol. The first-order valence-electron chi connectivity index (χ1n) is 7.71. The van der Waals surface area contributed by atoms with Crippen molar-refractivity contribution in [2.45, 2.75) is 6.61 Å². The monoisotopic (exact) mass is 318 g/mol. The van der Waals surface area contributed by atoms with Crippen molar-refractivity contribution in [1.29, 1.82) is 0 Å². The number of carbonyl (C=O) groups is 1. The van der Waals surface area contributed by atoms with Gasteiger partial charge < -0.3 is 9.47 Å². The molecule has 3 heteroatoms. The highest BCUT2D eigenvalue weighted by Gasteiger charge is 2.11. The standard InChI is InChI=1S/C21H18O3/c1-23-21-10-6-5-9-19(21)20-13-18(12-11-17(20)14-22)24-15-16-7-3-2-4-8-16/h2-14H,15H2,1H3. The number of rotatable bonds is 6. The van der Waals surface area contributed by atoms with Crippen molar-refractivity contribution in [3.05, 3.63) is 83.9 Å². The maximum absolute atomic E-state index is 11.4. The third kappa shape index (κ3) is 3.46. The van der Waals surface area contributed by atoms with E-state index >= 15 is 0 Å². The van der Waals surface area contributed by atoms with Crippen molar-refractivity contribution in [3.8, 4) is 22.6 Å². The van der Waals surface area contributed by atoms with Crippen LogP contribution in [-0.4, -0.2) is 13.4 Å². The maximum atomic E-state index is 11.4. The zero-order valence-electron chi connectivity index (χ0n) is 13.4. The molecule has 0 aliphatic heterocycles. The lowest BCUT2D eigenvalue weighted by Crippen LogP contribution is -1.97. The Morgan fingerprint density at radius 2 is 1.62 bits per heavy atom. The highest BCUT2D eigenvalue weighted by molar-refractivity contribution is 5.89. The van der Waals surface area contributed by atoms with Crippen LogP contribution in [0.5, 0.6) is 11.5 Å². The van der Waals surface area contributed by atoms with Crippen molar-refractivity contribution in [1.82, 2.24) is 0 Å². The van der Waals surface area contributed by atoms with Crippen molar-refractivity contribution < 1.29 is 14.3 Å². The minimum atomic E-state index is 0.479. The van der Waals surface area contributed by atoms with E-state index in [9.17, 15) is 4.79 Å². The zero-order valence-corrected chi connectivity index (χ0v) is 13.4. The van der Waals surface area contributed by atoms with Gasteiger partial charge in [0.15, 0.2) is 6.29 Å². The molecular formula is C21H18O3. The van der Waals surface area contributed by atoms with E-state index in [1.165, 1.54) is 0 Å². The van der Waals surface area contributed by atoms with E-state index < -0.39 is 0 Å². The van der Waals surface area contributed by atoms with Crippen LogP contribution in [-0.2, 0) is 6.61 Å². The number of para-hydroxylation sites is 1. The Labute approximate surface area is 141 Å². The molecule has 3 rings (SSSR count). The number of carbonyl (C=O) groups excluding carboxylic acids is 1. The molecule has 0 aliphatic carbocycles. The third-order valence-electron chi connectivity index (χ3n) is 3.80. The first kappa shape index (κ1) is 15.8. The van der Waals surface area contributed by atoms with Gasteiger partial charge >= 0.3 is 0 Å². The van der Waals surface area contributed by atoms with Crippen LogP contribution in [0.15, 0.2) is 72.8 Å². The fraction of sp³-hybridized carbons (Fsp3) is 0.0952. The number of hydrogen-bond acceptors (Lipinski definition) is 3. The number of ether oxygens (including phenoxy) is 2. The molecule has 0 saturated carbocycles. The molecule has 0 heterocycles. The van der Waals surface area contributed by atoms with Crippen molar-refractivity contribution in [2.75, 3.05) is 7.11 Å². The topological polar surface area (TPSA) is 35.5 Å². The summed E-state index contributed by atoms with van der Waals surface area (Å²) in [7, 11) is 1.62. The molecule has 0 amide bonds. The van der Waals surface area contributed by atoms with E-state index in [-0.39, 0.29) is 0 Å². The van der Waals surface area contributed by atoms with E-state index in [0.29, 0.717) is 17.9 Å². The zero-order chi connectivity index (χ0) is 16.8. The summed E-state index contributed by atoms with van der Waals surface area (Å²) in [6, 6.07) is 23.1. The first-order chi connectivity index (χ1) is 11.8. The van der Waals surface area contributed by atoms with Crippen LogP contribution < -0.4 is 9.47 Å². The molecule has 3 aromatic carbocycles. The molecular weight excluding hydrogens is 300 g/mol. The molecule has 0 unspecified atom stereocenters. The average Bonchev–Trinajstić information content (AvgIpc) is 2.67. The maximum Gasteiger partial charge on any atom is 0.150 e. The molecule has 0 aromatic heterocycles. The second-order valence-corrected chi connectivity index (χ2v) is 5.34. The first-order valence-corrected chi connectivity index (χ1v) is 7.71. The molecule has 0 aliphatic rings. The summed E-state index contributed by atoms with van der Waals surface area (Å²) in [6.45, 7) is 0.479. The average molecular weight is 318 g/mol. The highest BCUT2D eigenvalue weighted by Crippen LogP contribution is 2.34. The summed E-state index contributed by atoms with van der Waals surface area (Å²) >= 11 is 0. The molecule has 0 bridgehead atoms. The molecule has 0 spiro atoms. The second kappa shape index (κ2) is 7.47. The Kier molecular flexibility index (Phi) is 4.92. The molecule has 3 aromatic rings. The third-order valence-corrected chi connectivity index (χ3v) is 3.80. The molecule has 24 heavy (non-hydrogen) atoms. The van der Waals surface area contributed by atoms with E-state index in [0.717, 1.165) is 28.7 Å². The summed E-state index contributed by atoms with van der Waals surface area (Å²) in [5.74, 6) is 1.44. The molecule has 3 nitrogen and oxygen atoms in total. The predicted octanol–water partition coefficient (Wildman–Crippen LogP) is 4.75. The number of aldehydes is 1. The summed E-state index contributed by atoms with van der Waals surface area (Å²) in [5, 5.41) is 0. The Bertz CT molecular complexity index is 825. The van der Waals surface area contributed by atoms with Gasteiger partial charge in [-0.3, -0.25) is 4.79 Å². The van der Waals surface area contributed by atoms with Crippen LogP contribution in [0, 0.1) is 0 Å². The Balaban J connectivity index is 1.92. The summed E-state index contributed by atoms with van der Waals surface area (Å²) < 4.78 is 11.3. The summed E-state index contributed by atoms with van der Waals surface area (Å²) in [4.78, 5) is 11.4. The molecule has 0 saturated heterocycles.